The second-order valence-corrected chi connectivity index (χ2v) is 5.08. The van der Waals surface area contributed by atoms with E-state index in [0.717, 1.165) is 35.7 Å². The number of hydrogen-bond donors (Lipinski definition) is 1. The Bertz CT molecular complexity index is 340. The standard InChI is InChI=1S/C12H15BrO/c1-9-4-5-11(13)10(8-9)12(14)6-2-3-7-12/h4-5,8,14H,2-3,6-7H2,1H3. The molecule has 14 heavy (non-hydrogen) atoms. The first-order valence-electron chi connectivity index (χ1n) is 5.11. The van der Waals surface area contributed by atoms with Crippen LogP contribution in [0.15, 0.2) is 22.7 Å². The van der Waals surface area contributed by atoms with Crippen molar-refractivity contribution in [2.24, 2.45) is 0 Å². The van der Waals surface area contributed by atoms with Crippen molar-refractivity contribution in [1.29, 1.82) is 0 Å². The molecule has 0 amide bonds. The van der Waals surface area contributed by atoms with Gasteiger partial charge in [-0.2, -0.15) is 0 Å². The highest BCUT2D eigenvalue weighted by molar-refractivity contribution is 9.10. The van der Waals surface area contributed by atoms with E-state index in [1.165, 1.54) is 5.56 Å². The van der Waals surface area contributed by atoms with E-state index in [1.54, 1.807) is 0 Å². The first-order valence-corrected chi connectivity index (χ1v) is 5.90. The molecule has 1 fully saturated rings. The zero-order valence-corrected chi connectivity index (χ0v) is 9.97. The molecule has 0 aliphatic heterocycles. The third-order valence-electron chi connectivity index (χ3n) is 3.05. The summed E-state index contributed by atoms with van der Waals surface area (Å²) in [7, 11) is 0. The summed E-state index contributed by atoms with van der Waals surface area (Å²) in [6.45, 7) is 2.06. The maximum atomic E-state index is 10.4. The fourth-order valence-corrected chi connectivity index (χ4v) is 2.84. The van der Waals surface area contributed by atoms with Gasteiger partial charge in [0.2, 0.25) is 0 Å². The molecule has 0 spiro atoms. The van der Waals surface area contributed by atoms with Crippen LogP contribution in [-0.2, 0) is 5.60 Å². The molecule has 1 aromatic rings. The zero-order chi connectivity index (χ0) is 10.2. The predicted molar refractivity (Wildman–Crippen MR) is 61.2 cm³/mol. The van der Waals surface area contributed by atoms with Crippen LogP contribution in [0.4, 0.5) is 0 Å². The summed E-state index contributed by atoms with van der Waals surface area (Å²) < 4.78 is 1.03. The Morgan fingerprint density at radius 2 is 1.93 bits per heavy atom. The predicted octanol–water partition coefficient (Wildman–Crippen LogP) is 3.52. The van der Waals surface area contributed by atoms with Gasteiger partial charge in [0.1, 0.15) is 0 Å². The Hall–Kier alpha value is -0.340. The molecule has 1 aliphatic rings. The summed E-state index contributed by atoms with van der Waals surface area (Å²) in [6.07, 6.45) is 4.07. The van der Waals surface area contributed by atoms with Gasteiger partial charge in [0, 0.05) is 4.47 Å². The van der Waals surface area contributed by atoms with Gasteiger partial charge in [-0.15, -0.1) is 0 Å². The molecule has 0 aromatic heterocycles. The van der Waals surface area contributed by atoms with Crippen LogP contribution in [0.2, 0.25) is 0 Å². The average Bonchev–Trinajstić information content (AvgIpc) is 2.58. The van der Waals surface area contributed by atoms with E-state index in [-0.39, 0.29) is 0 Å². The van der Waals surface area contributed by atoms with Gasteiger partial charge >= 0.3 is 0 Å². The van der Waals surface area contributed by atoms with Crippen LogP contribution in [0.25, 0.3) is 0 Å². The van der Waals surface area contributed by atoms with Gasteiger partial charge in [-0.05, 0) is 31.4 Å². The molecular weight excluding hydrogens is 240 g/mol. The lowest BCUT2D eigenvalue weighted by atomic mass is 9.91. The first kappa shape index (κ1) is 10.2. The number of hydrogen-bond acceptors (Lipinski definition) is 1. The highest BCUT2D eigenvalue weighted by Crippen LogP contribution is 2.41. The molecule has 0 bridgehead atoms. The summed E-state index contributed by atoms with van der Waals surface area (Å²) >= 11 is 3.52. The molecule has 76 valence electrons. The van der Waals surface area contributed by atoms with E-state index >= 15 is 0 Å². The number of rotatable bonds is 1. The number of aryl methyl sites for hydroxylation is 1. The van der Waals surface area contributed by atoms with E-state index in [4.69, 9.17) is 0 Å². The van der Waals surface area contributed by atoms with Gasteiger partial charge in [0.15, 0.2) is 0 Å². The molecule has 1 saturated carbocycles. The van der Waals surface area contributed by atoms with Gasteiger partial charge in [0.25, 0.3) is 0 Å². The number of halogens is 1. The van der Waals surface area contributed by atoms with Crippen molar-refractivity contribution in [2.75, 3.05) is 0 Å². The van der Waals surface area contributed by atoms with E-state index in [1.807, 2.05) is 6.07 Å². The Morgan fingerprint density at radius 1 is 1.29 bits per heavy atom. The smallest absolute Gasteiger partial charge is 0.0907 e. The third kappa shape index (κ3) is 1.73. The minimum absolute atomic E-state index is 0.579. The molecule has 1 aliphatic carbocycles. The molecule has 0 radical (unpaired) electrons. The van der Waals surface area contributed by atoms with E-state index in [9.17, 15) is 5.11 Å². The van der Waals surface area contributed by atoms with Crippen LogP contribution in [0.5, 0.6) is 0 Å². The number of benzene rings is 1. The SMILES string of the molecule is Cc1ccc(Br)c(C2(O)CCCC2)c1. The maximum absolute atomic E-state index is 10.4. The lowest BCUT2D eigenvalue weighted by molar-refractivity contribution is 0.0437. The van der Waals surface area contributed by atoms with E-state index < -0.39 is 5.60 Å². The fourth-order valence-electron chi connectivity index (χ4n) is 2.22. The lowest BCUT2D eigenvalue weighted by Crippen LogP contribution is -2.21. The van der Waals surface area contributed by atoms with Crippen molar-refractivity contribution >= 4 is 15.9 Å². The molecule has 1 N–H and O–H groups in total. The van der Waals surface area contributed by atoms with Gasteiger partial charge in [0.05, 0.1) is 5.60 Å². The van der Waals surface area contributed by atoms with Gasteiger partial charge in [-0.25, -0.2) is 0 Å². The monoisotopic (exact) mass is 254 g/mol. The normalized spacial score (nSPS) is 19.9. The van der Waals surface area contributed by atoms with Crippen LogP contribution in [0, 0.1) is 6.92 Å². The van der Waals surface area contributed by atoms with Crippen molar-refractivity contribution in [1.82, 2.24) is 0 Å². The van der Waals surface area contributed by atoms with Crippen LogP contribution >= 0.6 is 15.9 Å². The largest absolute Gasteiger partial charge is 0.385 e. The van der Waals surface area contributed by atoms with Gasteiger partial charge in [-0.3, -0.25) is 0 Å². The van der Waals surface area contributed by atoms with Gasteiger partial charge in [-0.1, -0.05) is 46.5 Å². The second kappa shape index (κ2) is 3.67. The zero-order valence-electron chi connectivity index (χ0n) is 8.39. The van der Waals surface area contributed by atoms with Crippen molar-refractivity contribution in [2.45, 2.75) is 38.2 Å². The summed E-state index contributed by atoms with van der Waals surface area (Å²) in [5.74, 6) is 0. The molecule has 0 heterocycles. The van der Waals surface area contributed by atoms with Crippen LogP contribution in [0.1, 0.15) is 36.8 Å². The topological polar surface area (TPSA) is 20.2 Å². The Balaban J connectivity index is 2.44. The van der Waals surface area contributed by atoms with Crippen molar-refractivity contribution in [3.63, 3.8) is 0 Å². The molecule has 1 nitrogen and oxygen atoms in total. The van der Waals surface area contributed by atoms with Crippen LogP contribution < -0.4 is 0 Å². The summed E-state index contributed by atoms with van der Waals surface area (Å²) in [5, 5.41) is 10.4. The molecule has 0 atom stereocenters. The Kier molecular flexibility index (Phi) is 2.67. The van der Waals surface area contributed by atoms with E-state index in [2.05, 4.69) is 35.0 Å². The van der Waals surface area contributed by atoms with Gasteiger partial charge < -0.3 is 5.11 Å². The van der Waals surface area contributed by atoms with Crippen LogP contribution in [-0.4, -0.2) is 5.11 Å². The van der Waals surface area contributed by atoms with Crippen molar-refractivity contribution in [3.05, 3.63) is 33.8 Å². The Morgan fingerprint density at radius 3 is 2.57 bits per heavy atom. The molecule has 1 aromatic carbocycles. The van der Waals surface area contributed by atoms with Crippen molar-refractivity contribution < 1.29 is 5.11 Å². The van der Waals surface area contributed by atoms with E-state index in [0.29, 0.717) is 0 Å². The molecule has 2 heteroatoms. The molecule has 0 unspecified atom stereocenters. The summed E-state index contributed by atoms with van der Waals surface area (Å²) in [4.78, 5) is 0. The molecule has 0 saturated heterocycles. The highest BCUT2D eigenvalue weighted by Gasteiger charge is 2.34. The molecular formula is C12H15BrO. The lowest BCUT2D eigenvalue weighted by Gasteiger charge is -2.24. The average molecular weight is 255 g/mol. The number of aliphatic hydroxyl groups is 1. The fraction of sp³-hybridized carbons (Fsp3) is 0.500. The third-order valence-corrected chi connectivity index (χ3v) is 3.75. The van der Waals surface area contributed by atoms with Crippen molar-refractivity contribution in [3.8, 4) is 0 Å². The molecule has 2 rings (SSSR count). The quantitative estimate of drug-likeness (QED) is 0.814. The minimum Gasteiger partial charge on any atom is -0.385 e. The first-order chi connectivity index (χ1) is 6.62. The summed E-state index contributed by atoms with van der Waals surface area (Å²) in [6, 6.07) is 6.18. The minimum atomic E-state index is -0.579. The second-order valence-electron chi connectivity index (χ2n) is 4.22. The van der Waals surface area contributed by atoms with Crippen LogP contribution in [0.3, 0.4) is 0 Å². The maximum Gasteiger partial charge on any atom is 0.0907 e. The summed E-state index contributed by atoms with van der Waals surface area (Å²) in [5.41, 5.74) is 1.70. The Labute approximate surface area is 93.3 Å². The highest BCUT2D eigenvalue weighted by atomic mass is 79.9.